The lowest BCUT2D eigenvalue weighted by atomic mass is 10.2. The Morgan fingerprint density at radius 3 is 2.37 bits per heavy atom. The van der Waals surface area contributed by atoms with Crippen molar-refractivity contribution < 1.29 is 9.53 Å². The molecule has 0 aliphatic carbocycles. The molecule has 0 radical (unpaired) electrons. The Hall–Kier alpha value is -2.00. The monoisotopic (exact) mass is 275 g/mol. The number of nitrogens with one attached hydrogen (secondary N) is 1. The Labute approximate surface area is 117 Å². The lowest BCUT2D eigenvalue weighted by Gasteiger charge is -2.07. The Kier molecular flexibility index (Phi) is 4.81. The van der Waals surface area contributed by atoms with Gasteiger partial charge in [-0.25, -0.2) is 0 Å². The molecule has 3 nitrogen and oxygen atoms in total. The number of halogens is 1. The first-order valence-electron chi connectivity index (χ1n) is 5.97. The molecule has 19 heavy (non-hydrogen) atoms. The molecular formula is C15H14ClNO2. The van der Waals surface area contributed by atoms with Crippen molar-refractivity contribution in [3.05, 3.63) is 60.2 Å². The van der Waals surface area contributed by atoms with Gasteiger partial charge in [0.25, 0.3) is 0 Å². The standard InChI is InChI=1S/C15H14ClNO2/c16-15(18)17-13-6-8-14(9-7-13)19-11-10-12-4-2-1-3-5-12/h1-9H,10-11H2,(H,17,18). The van der Waals surface area contributed by atoms with Crippen LogP contribution in [0.25, 0.3) is 0 Å². The Bertz CT molecular complexity index is 526. The third-order valence-electron chi connectivity index (χ3n) is 2.60. The molecule has 0 fully saturated rings. The minimum atomic E-state index is -0.599. The van der Waals surface area contributed by atoms with Crippen LogP contribution in [0, 0.1) is 0 Å². The van der Waals surface area contributed by atoms with Crippen LogP contribution in [-0.2, 0) is 6.42 Å². The molecule has 0 bridgehead atoms. The predicted molar refractivity (Wildman–Crippen MR) is 77.0 cm³/mol. The van der Waals surface area contributed by atoms with E-state index in [4.69, 9.17) is 16.3 Å². The fraction of sp³-hybridized carbons (Fsp3) is 0.133. The van der Waals surface area contributed by atoms with Gasteiger partial charge in [-0.2, -0.15) is 0 Å². The van der Waals surface area contributed by atoms with Crippen LogP contribution in [0.4, 0.5) is 10.5 Å². The van der Waals surface area contributed by atoms with Gasteiger partial charge in [-0.3, -0.25) is 4.79 Å². The zero-order valence-electron chi connectivity index (χ0n) is 10.3. The molecule has 0 saturated carbocycles. The second-order valence-electron chi connectivity index (χ2n) is 4.01. The van der Waals surface area contributed by atoms with E-state index >= 15 is 0 Å². The SMILES string of the molecule is O=C(Cl)Nc1ccc(OCCc2ccccc2)cc1. The van der Waals surface area contributed by atoms with Crippen molar-refractivity contribution in [3.63, 3.8) is 0 Å². The summed E-state index contributed by atoms with van der Waals surface area (Å²) in [4.78, 5) is 10.7. The van der Waals surface area contributed by atoms with E-state index in [9.17, 15) is 4.79 Å². The largest absolute Gasteiger partial charge is 0.493 e. The Morgan fingerprint density at radius 1 is 1.05 bits per heavy atom. The maximum atomic E-state index is 10.7. The van der Waals surface area contributed by atoms with Crippen molar-refractivity contribution in [2.45, 2.75) is 6.42 Å². The van der Waals surface area contributed by atoms with Gasteiger partial charge < -0.3 is 10.1 Å². The maximum absolute atomic E-state index is 10.7. The molecule has 1 N–H and O–H groups in total. The third-order valence-corrected chi connectivity index (χ3v) is 2.69. The molecule has 0 atom stereocenters. The summed E-state index contributed by atoms with van der Waals surface area (Å²) in [5, 5.41) is 1.89. The molecule has 2 rings (SSSR count). The second-order valence-corrected chi connectivity index (χ2v) is 4.35. The Morgan fingerprint density at radius 2 is 1.74 bits per heavy atom. The van der Waals surface area contributed by atoms with Crippen molar-refractivity contribution in [2.75, 3.05) is 11.9 Å². The number of hydrogen-bond donors (Lipinski definition) is 1. The molecule has 2 aromatic carbocycles. The van der Waals surface area contributed by atoms with Gasteiger partial charge in [0.2, 0.25) is 0 Å². The predicted octanol–water partition coefficient (Wildman–Crippen LogP) is 4.08. The van der Waals surface area contributed by atoms with Crippen LogP contribution in [0.2, 0.25) is 0 Å². The van der Waals surface area contributed by atoms with Crippen molar-refractivity contribution >= 4 is 22.7 Å². The van der Waals surface area contributed by atoms with Crippen LogP contribution in [-0.4, -0.2) is 12.0 Å². The first-order valence-corrected chi connectivity index (χ1v) is 6.35. The van der Waals surface area contributed by atoms with Crippen LogP contribution < -0.4 is 10.1 Å². The van der Waals surface area contributed by atoms with E-state index in [0.717, 1.165) is 12.2 Å². The number of carbonyl (C=O) groups excluding carboxylic acids is 1. The zero-order valence-corrected chi connectivity index (χ0v) is 11.1. The number of anilines is 1. The minimum absolute atomic E-state index is 0.599. The lowest BCUT2D eigenvalue weighted by molar-refractivity contribution is 0.269. The highest BCUT2D eigenvalue weighted by Gasteiger charge is 1.98. The van der Waals surface area contributed by atoms with Gasteiger partial charge in [-0.1, -0.05) is 30.3 Å². The van der Waals surface area contributed by atoms with Gasteiger partial charge in [0, 0.05) is 12.1 Å². The van der Waals surface area contributed by atoms with Gasteiger partial charge in [0.1, 0.15) is 5.75 Å². The molecule has 98 valence electrons. The molecule has 4 heteroatoms. The molecule has 0 heterocycles. The molecule has 0 saturated heterocycles. The van der Waals surface area contributed by atoms with E-state index in [1.807, 2.05) is 18.2 Å². The maximum Gasteiger partial charge on any atom is 0.318 e. The number of carbonyl (C=O) groups is 1. The summed E-state index contributed by atoms with van der Waals surface area (Å²) in [6.07, 6.45) is 0.862. The fourth-order valence-corrected chi connectivity index (χ4v) is 1.79. The van der Waals surface area contributed by atoms with Crippen molar-refractivity contribution in [1.29, 1.82) is 0 Å². The minimum Gasteiger partial charge on any atom is -0.493 e. The molecule has 0 aromatic heterocycles. The molecular weight excluding hydrogens is 262 g/mol. The van der Waals surface area contributed by atoms with Gasteiger partial charge in [-0.05, 0) is 41.4 Å². The summed E-state index contributed by atoms with van der Waals surface area (Å²) in [7, 11) is 0. The first kappa shape index (κ1) is 13.4. The van der Waals surface area contributed by atoms with Gasteiger partial charge in [0.15, 0.2) is 0 Å². The van der Waals surface area contributed by atoms with Crippen LogP contribution in [0.3, 0.4) is 0 Å². The summed E-state index contributed by atoms with van der Waals surface area (Å²) in [5.41, 5.74) is 1.89. The molecule has 0 aliphatic heterocycles. The van der Waals surface area contributed by atoms with Crippen molar-refractivity contribution in [2.24, 2.45) is 0 Å². The number of ether oxygens (including phenoxy) is 1. The van der Waals surface area contributed by atoms with Gasteiger partial charge in [-0.15, -0.1) is 0 Å². The fourth-order valence-electron chi connectivity index (χ4n) is 1.68. The van der Waals surface area contributed by atoms with Crippen LogP contribution >= 0.6 is 11.6 Å². The summed E-state index contributed by atoms with van der Waals surface area (Å²) in [6, 6.07) is 17.3. The number of benzene rings is 2. The summed E-state index contributed by atoms with van der Waals surface area (Å²) in [6.45, 7) is 0.616. The highest BCUT2D eigenvalue weighted by molar-refractivity contribution is 6.65. The first-order chi connectivity index (χ1) is 9.24. The number of hydrogen-bond acceptors (Lipinski definition) is 2. The summed E-state index contributed by atoms with van der Waals surface area (Å²) >= 11 is 5.22. The van der Waals surface area contributed by atoms with Gasteiger partial charge >= 0.3 is 5.37 Å². The smallest absolute Gasteiger partial charge is 0.318 e. The summed E-state index contributed by atoms with van der Waals surface area (Å²) in [5.74, 6) is 0.767. The van der Waals surface area contributed by atoms with E-state index in [2.05, 4.69) is 17.4 Å². The molecule has 1 amide bonds. The zero-order chi connectivity index (χ0) is 13.5. The van der Waals surface area contributed by atoms with Crippen LogP contribution in [0.5, 0.6) is 5.75 Å². The molecule has 0 unspecified atom stereocenters. The van der Waals surface area contributed by atoms with E-state index in [-0.39, 0.29) is 0 Å². The number of amides is 1. The second kappa shape index (κ2) is 6.81. The number of rotatable bonds is 5. The molecule has 0 spiro atoms. The van der Waals surface area contributed by atoms with E-state index < -0.39 is 5.37 Å². The quantitative estimate of drug-likeness (QED) is 0.660. The van der Waals surface area contributed by atoms with E-state index in [0.29, 0.717) is 12.3 Å². The molecule has 2 aromatic rings. The van der Waals surface area contributed by atoms with Crippen LogP contribution in [0.15, 0.2) is 54.6 Å². The van der Waals surface area contributed by atoms with E-state index in [1.54, 1.807) is 24.3 Å². The lowest BCUT2D eigenvalue weighted by Crippen LogP contribution is -2.02. The average Bonchev–Trinajstić information content (AvgIpc) is 2.41. The Balaban J connectivity index is 1.81. The highest BCUT2D eigenvalue weighted by Crippen LogP contribution is 2.16. The summed E-state index contributed by atoms with van der Waals surface area (Å²) < 4.78 is 5.62. The van der Waals surface area contributed by atoms with E-state index in [1.165, 1.54) is 5.56 Å². The third kappa shape index (κ3) is 4.64. The topological polar surface area (TPSA) is 38.3 Å². The van der Waals surface area contributed by atoms with Crippen molar-refractivity contribution in [1.82, 2.24) is 0 Å². The van der Waals surface area contributed by atoms with Gasteiger partial charge in [0.05, 0.1) is 6.61 Å². The molecule has 0 aliphatic rings. The average molecular weight is 276 g/mol. The normalized spacial score (nSPS) is 9.95. The van der Waals surface area contributed by atoms with Crippen molar-refractivity contribution in [3.8, 4) is 5.75 Å². The highest BCUT2D eigenvalue weighted by atomic mass is 35.5. The van der Waals surface area contributed by atoms with Crippen LogP contribution in [0.1, 0.15) is 5.56 Å².